The standard InChI is InChI=1S/C24H24ClFN2O3/c25-22-10-19(26)5-6-21(22)16-3-1-15(2-4-16)18-12-28(13-18)24(30)27-8-7-23-17(11-27)9-20(29)14-31-23/h1-6,10,17-18,23H,7-9,11-14H2/t17-,23+/m1/s1. The van der Waals surface area contributed by atoms with Crippen LogP contribution in [0.4, 0.5) is 9.18 Å². The Bertz CT molecular complexity index is 1010. The maximum absolute atomic E-state index is 13.3. The topological polar surface area (TPSA) is 49.9 Å². The number of likely N-dealkylation sites (tertiary alicyclic amines) is 2. The zero-order chi connectivity index (χ0) is 21.5. The fourth-order valence-corrected chi connectivity index (χ4v) is 5.13. The number of carbonyl (C=O) groups excluding carboxylic acids is 2. The number of halogens is 2. The van der Waals surface area contributed by atoms with Gasteiger partial charge in [0.25, 0.3) is 0 Å². The fourth-order valence-electron chi connectivity index (χ4n) is 4.86. The van der Waals surface area contributed by atoms with Crippen molar-refractivity contribution in [2.75, 3.05) is 32.8 Å². The van der Waals surface area contributed by atoms with E-state index in [2.05, 4.69) is 12.1 Å². The third kappa shape index (κ3) is 4.06. The first-order valence-corrected chi connectivity index (χ1v) is 11.1. The first-order valence-electron chi connectivity index (χ1n) is 10.7. The van der Waals surface area contributed by atoms with Crippen LogP contribution in [0.3, 0.4) is 0 Å². The number of hydrogen-bond donors (Lipinski definition) is 0. The predicted molar refractivity (Wildman–Crippen MR) is 116 cm³/mol. The van der Waals surface area contributed by atoms with Crippen molar-refractivity contribution in [2.24, 2.45) is 5.92 Å². The van der Waals surface area contributed by atoms with E-state index in [0.29, 0.717) is 43.5 Å². The van der Waals surface area contributed by atoms with Crippen LogP contribution in [0.1, 0.15) is 24.3 Å². The number of amides is 2. The molecule has 0 spiro atoms. The molecule has 0 aliphatic carbocycles. The minimum absolute atomic E-state index is 0.0578. The lowest BCUT2D eigenvalue weighted by atomic mass is 9.87. The Kier molecular flexibility index (Phi) is 5.44. The monoisotopic (exact) mass is 442 g/mol. The summed E-state index contributed by atoms with van der Waals surface area (Å²) < 4.78 is 18.9. The number of ketones is 1. The molecule has 0 unspecified atom stereocenters. The summed E-state index contributed by atoms with van der Waals surface area (Å²) in [4.78, 5) is 28.3. The molecule has 5 nitrogen and oxygen atoms in total. The first-order chi connectivity index (χ1) is 15.0. The van der Waals surface area contributed by atoms with Crippen LogP contribution in [-0.4, -0.2) is 60.5 Å². The number of fused-ring (bicyclic) bond motifs is 1. The molecule has 2 aromatic rings. The van der Waals surface area contributed by atoms with Gasteiger partial charge in [-0.15, -0.1) is 0 Å². The van der Waals surface area contributed by atoms with E-state index in [1.807, 2.05) is 21.9 Å². The Labute approximate surface area is 185 Å². The van der Waals surface area contributed by atoms with Crippen molar-refractivity contribution in [1.29, 1.82) is 0 Å². The van der Waals surface area contributed by atoms with Gasteiger partial charge >= 0.3 is 6.03 Å². The summed E-state index contributed by atoms with van der Waals surface area (Å²) in [6, 6.07) is 12.6. The van der Waals surface area contributed by atoms with Crippen LogP contribution in [0.5, 0.6) is 0 Å². The van der Waals surface area contributed by atoms with Crippen LogP contribution in [-0.2, 0) is 9.53 Å². The van der Waals surface area contributed by atoms with Crippen LogP contribution < -0.4 is 0 Å². The number of hydrogen-bond acceptors (Lipinski definition) is 3. The molecule has 3 fully saturated rings. The average molecular weight is 443 g/mol. The Hall–Kier alpha value is -2.44. The summed E-state index contributed by atoms with van der Waals surface area (Å²) in [5, 5.41) is 0.391. The number of carbonyl (C=O) groups is 2. The summed E-state index contributed by atoms with van der Waals surface area (Å²) in [6.07, 6.45) is 1.43. The molecule has 3 saturated heterocycles. The Morgan fingerprint density at radius 1 is 1.06 bits per heavy atom. The molecular weight excluding hydrogens is 419 g/mol. The number of urea groups is 1. The third-order valence-corrected chi connectivity index (χ3v) is 6.97. The number of Topliss-reactive ketones (excluding diaryl/α,β-unsaturated/α-hetero) is 1. The number of nitrogens with zero attached hydrogens (tertiary/aromatic N) is 2. The molecular formula is C24H24ClFN2O3. The highest BCUT2D eigenvalue weighted by molar-refractivity contribution is 6.33. The van der Waals surface area contributed by atoms with Gasteiger partial charge in [-0.1, -0.05) is 35.9 Å². The largest absolute Gasteiger partial charge is 0.370 e. The van der Waals surface area contributed by atoms with Gasteiger partial charge in [-0.25, -0.2) is 9.18 Å². The highest BCUT2D eigenvalue weighted by Gasteiger charge is 2.40. The maximum Gasteiger partial charge on any atom is 0.320 e. The van der Waals surface area contributed by atoms with Gasteiger partial charge in [-0.3, -0.25) is 4.79 Å². The van der Waals surface area contributed by atoms with Crippen LogP contribution in [0.2, 0.25) is 5.02 Å². The van der Waals surface area contributed by atoms with Gasteiger partial charge in [0, 0.05) is 50.0 Å². The van der Waals surface area contributed by atoms with Gasteiger partial charge in [0.1, 0.15) is 12.4 Å². The highest BCUT2D eigenvalue weighted by Crippen LogP contribution is 2.34. The average Bonchev–Trinajstić information content (AvgIpc) is 2.73. The number of rotatable bonds is 2. The summed E-state index contributed by atoms with van der Waals surface area (Å²) in [7, 11) is 0. The molecule has 3 heterocycles. The van der Waals surface area contributed by atoms with Gasteiger partial charge in [-0.05, 0) is 35.7 Å². The molecule has 31 heavy (non-hydrogen) atoms. The van der Waals surface area contributed by atoms with Gasteiger partial charge in [0.05, 0.1) is 11.1 Å². The zero-order valence-corrected chi connectivity index (χ0v) is 17.9. The molecule has 0 bridgehead atoms. The Morgan fingerprint density at radius 3 is 2.58 bits per heavy atom. The third-order valence-electron chi connectivity index (χ3n) is 6.66. The first kappa shape index (κ1) is 20.5. The second-order valence-corrected chi connectivity index (χ2v) is 9.12. The minimum Gasteiger partial charge on any atom is -0.370 e. The van der Waals surface area contributed by atoms with E-state index in [9.17, 15) is 14.0 Å². The maximum atomic E-state index is 13.3. The van der Waals surface area contributed by atoms with E-state index >= 15 is 0 Å². The molecule has 3 aliphatic heterocycles. The predicted octanol–water partition coefficient (Wildman–Crippen LogP) is 4.35. The van der Waals surface area contributed by atoms with Crippen molar-refractivity contribution in [3.8, 4) is 11.1 Å². The summed E-state index contributed by atoms with van der Waals surface area (Å²) >= 11 is 6.17. The Morgan fingerprint density at radius 2 is 1.84 bits per heavy atom. The summed E-state index contributed by atoms with van der Waals surface area (Å²) in [5.41, 5.74) is 2.91. The van der Waals surface area contributed by atoms with Crippen molar-refractivity contribution in [1.82, 2.24) is 9.80 Å². The fraction of sp³-hybridized carbons (Fsp3) is 0.417. The van der Waals surface area contributed by atoms with Crippen LogP contribution in [0.25, 0.3) is 11.1 Å². The molecule has 0 saturated carbocycles. The molecule has 0 aromatic heterocycles. The van der Waals surface area contributed by atoms with Crippen molar-refractivity contribution in [2.45, 2.75) is 24.9 Å². The number of piperidine rings is 1. The van der Waals surface area contributed by atoms with E-state index in [0.717, 1.165) is 17.5 Å². The quantitative estimate of drug-likeness (QED) is 0.695. The summed E-state index contributed by atoms with van der Waals surface area (Å²) in [6.45, 7) is 2.88. The van der Waals surface area contributed by atoms with Crippen molar-refractivity contribution < 1.29 is 18.7 Å². The Balaban J connectivity index is 1.18. The van der Waals surface area contributed by atoms with Crippen molar-refractivity contribution in [3.63, 3.8) is 0 Å². The molecule has 162 valence electrons. The lowest BCUT2D eigenvalue weighted by Crippen LogP contribution is -2.58. The molecule has 0 N–H and O–H groups in total. The van der Waals surface area contributed by atoms with Gasteiger partial charge in [0.15, 0.2) is 5.78 Å². The molecule has 7 heteroatoms. The van der Waals surface area contributed by atoms with Crippen molar-refractivity contribution in [3.05, 3.63) is 58.9 Å². The normalized spacial score (nSPS) is 24.0. The molecule has 2 aromatic carbocycles. The lowest BCUT2D eigenvalue weighted by molar-refractivity contribution is -0.140. The molecule has 2 atom stereocenters. The van der Waals surface area contributed by atoms with Gasteiger partial charge in [0.2, 0.25) is 0 Å². The number of benzene rings is 2. The molecule has 3 aliphatic rings. The van der Waals surface area contributed by atoms with Gasteiger partial charge in [-0.2, -0.15) is 0 Å². The zero-order valence-electron chi connectivity index (χ0n) is 17.1. The van der Waals surface area contributed by atoms with Crippen LogP contribution in [0, 0.1) is 11.7 Å². The van der Waals surface area contributed by atoms with E-state index in [1.54, 1.807) is 6.07 Å². The SMILES string of the molecule is O=C1CO[C@H]2CCN(C(=O)N3CC(c4ccc(-c5ccc(F)cc5Cl)cc4)C3)C[C@H]2C1. The van der Waals surface area contributed by atoms with E-state index in [-0.39, 0.29) is 36.3 Å². The van der Waals surface area contributed by atoms with E-state index in [1.165, 1.54) is 17.7 Å². The molecule has 5 rings (SSSR count). The highest BCUT2D eigenvalue weighted by atomic mass is 35.5. The number of ether oxygens (including phenoxy) is 1. The van der Waals surface area contributed by atoms with Gasteiger partial charge < -0.3 is 14.5 Å². The summed E-state index contributed by atoms with van der Waals surface area (Å²) in [5.74, 6) is 0.210. The smallest absolute Gasteiger partial charge is 0.320 e. The van der Waals surface area contributed by atoms with Crippen molar-refractivity contribution >= 4 is 23.4 Å². The lowest BCUT2D eigenvalue weighted by Gasteiger charge is -2.46. The molecule has 0 radical (unpaired) electrons. The minimum atomic E-state index is -0.351. The van der Waals surface area contributed by atoms with E-state index in [4.69, 9.17) is 16.3 Å². The molecule has 2 amide bonds. The second-order valence-electron chi connectivity index (χ2n) is 8.72. The van der Waals surface area contributed by atoms with E-state index < -0.39 is 0 Å². The second kappa shape index (κ2) is 8.24. The van der Waals surface area contributed by atoms with Crippen LogP contribution in [0.15, 0.2) is 42.5 Å². The van der Waals surface area contributed by atoms with Crippen LogP contribution >= 0.6 is 11.6 Å².